The maximum Gasteiger partial charge on any atom is 0.488 e. The number of hydrogen-bond acceptors (Lipinski definition) is 5. The fourth-order valence-electron chi connectivity index (χ4n) is 1.49. The highest BCUT2D eigenvalue weighted by molar-refractivity contribution is 8.13. The fourth-order valence-corrected chi connectivity index (χ4v) is 2.52. The van der Waals surface area contributed by atoms with E-state index in [1.54, 1.807) is 0 Å². The van der Waals surface area contributed by atoms with Gasteiger partial charge >= 0.3 is 7.12 Å². The number of rotatable bonds is 4. The van der Waals surface area contributed by atoms with Crippen molar-refractivity contribution in [2.24, 2.45) is 5.11 Å². The van der Waals surface area contributed by atoms with Gasteiger partial charge in [-0.05, 0) is 35.1 Å². The number of nitrogens with zero attached hydrogens (tertiary/aromatic N) is 3. The standard InChI is InChI=1S/C8H9BClN3O4S/c1-5-6(4-18(10,16)17)2-7(12-13-11)3-8(5)9(14)15/h2-3,14-15H,4H2,1H3. The minimum Gasteiger partial charge on any atom is -0.423 e. The molecule has 0 unspecified atom stereocenters. The van der Waals surface area contributed by atoms with Crippen molar-refractivity contribution in [3.05, 3.63) is 33.7 Å². The van der Waals surface area contributed by atoms with Crippen LogP contribution in [-0.4, -0.2) is 25.6 Å². The zero-order valence-electron chi connectivity index (χ0n) is 9.28. The Morgan fingerprint density at radius 3 is 2.56 bits per heavy atom. The summed E-state index contributed by atoms with van der Waals surface area (Å²) in [6.07, 6.45) is 0. The number of benzene rings is 1. The quantitative estimate of drug-likeness (QED) is 0.278. The molecule has 0 atom stereocenters. The third-order valence-electron chi connectivity index (χ3n) is 2.31. The van der Waals surface area contributed by atoms with Crippen molar-refractivity contribution in [3.63, 3.8) is 0 Å². The first-order valence-corrected chi connectivity index (χ1v) is 7.19. The second-order valence-corrected chi connectivity index (χ2v) is 6.34. The average Bonchev–Trinajstić information content (AvgIpc) is 2.20. The van der Waals surface area contributed by atoms with Gasteiger partial charge in [0.05, 0.1) is 5.75 Å². The van der Waals surface area contributed by atoms with Gasteiger partial charge < -0.3 is 10.0 Å². The fraction of sp³-hybridized carbons (Fsp3) is 0.250. The van der Waals surface area contributed by atoms with Crippen molar-refractivity contribution >= 4 is 38.0 Å². The molecule has 0 heterocycles. The minimum atomic E-state index is -3.80. The van der Waals surface area contributed by atoms with Crippen molar-refractivity contribution in [3.8, 4) is 0 Å². The Morgan fingerprint density at radius 2 is 2.11 bits per heavy atom. The number of azide groups is 1. The van der Waals surface area contributed by atoms with Gasteiger partial charge in [-0.15, -0.1) is 0 Å². The lowest BCUT2D eigenvalue weighted by molar-refractivity contribution is 0.425. The summed E-state index contributed by atoms with van der Waals surface area (Å²) in [6, 6.07) is 2.60. The van der Waals surface area contributed by atoms with Crippen molar-refractivity contribution in [1.29, 1.82) is 0 Å². The van der Waals surface area contributed by atoms with Crippen LogP contribution in [0.2, 0.25) is 0 Å². The summed E-state index contributed by atoms with van der Waals surface area (Å²) in [5.41, 5.74) is 9.10. The van der Waals surface area contributed by atoms with Crippen molar-refractivity contribution in [2.45, 2.75) is 12.7 Å². The van der Waals surface area contributed by atoms with E-state index in [1.165, 1.54) is 19.1 Å². The molecule has 0 aromatic heterocycles. The van der Waals surface area contributed by atoms with E-state index in [9.17, 15) is 8.42 Å². The third-order valence-corrected chi connectivity index (χ3v) is 3.29. The molecule has 0 saturated heterocycles. The Morgan fingerprint density at radius 1 is 1.50 bits per heavy atom. The van der Waals surface area contributed by atoms with Crippen LogP contribution in [0.5, 0.6) is 0 Å². The summed E-state index contributed by atoms with van der Waals surface area (Å²) < 4.78 is 22.1. The van der Waals surface area contributed by atoms with E-state index in [0.717, 1.165) is 0 Å². The van der Waals surface area contributed by atoms with Crippen LogP contribution in [0.25, 0.3) is 10.4 Å². The van der Waals surface area contributed by atoms with Gasteiger partial charge in [0.1, 0.15) is 0 Å². The van der Waals surface area contributed by atoms with E-state index < -0.39 is 21.9 Å². The number of halogens is 1. The Labute approximate surface area is 108 Å². The maximum absolute atomic E-state index is 11.0. The van der Waals surface area contributed by atoms with Crippen LogP contribution in [0.1, 0.15) is 11.1 Å². The Balaban J connectivity index is 3.44. The van der Waals surface area contributed by atoms with Crippen LogP contribution < -0.4 is 5.46 Å². The molecule has 0 aliphatic heterocycles. The topological polar surface area (TPSA) is 123 Å². The molecule has 0 bridgehead atoms. The molecule has 10 heteroatoms. The molecular weight excluding hydrogens is 280 g/mol. The minimum absolute atomic E-state index is 0.0650. The van der Waals surface area contributed by atoms with Crippen molar-refractivity contribution in [2.75, 3.05) is 0 Å². The summed E-state index contributed by atoms with van der Waals surface area (Å²) in [5.74, 6) is -0.491. The molecule has 0 aliphatic carbocycles. The molecule has 0 aliphatic rings. The number of hydrogen-bond donors (Lipinski definition) is 2. The van der Waals surface area contributed by atoms with Crippen LogP contribution in [0, 0.1) is 6.92 Å². The summed E-state index contributed by atoms with van der Waals surface area (Å²) in [6.45, 7) is 1.52. The van der Waals surface area contributed by atoms with E-state index in [4.69, 9.17) is 26.3 Å². The first-order chi connectivity index (χ1) is 8.24. The lowest BCUT2D eigenvalue weighted by Gasteiger charge is -2.11. The van der Waals surface area contributed by atoms with Gasteiger partial charge in [0, 0.05) is 21.3 Å². The molecule has 0 spiro atoms. The molecule has 0 radical (unpaired) electrons. The zero-order chi connectivity index (χ0) is 13.9. The highest BCUT2D eigenvalue weighted by Gasteiger charge is 2.19. The molecule has 1 rings (SSSR count). The van der Waals surface area contributed by atoms with E-state index >= 15 is 0 Å². The summed E-state index contributed by atoms with van der Waals surface area (Å²) in [5, 5.41) is 21.6. The summed E-state index contributed by atoms with van der Waals surface area (Å²) in [7, 11) is -0.451. The Hall–Kier alpha value is -1.25. The third kappa shape index (κ3) is 3.90. The van der Waals surface area contributed by atoms with E-state index in [-0.39, 0.29) is 16.7 Å². The molecule has 18 heavy (non-hydrogen) atoms. The largest absolute Gasteiger partial charge is 0.488 e. The smallest absolute Gasteiger partial charge is 0.423 e. The predicted molar refractivity (Wildman–Crippen MR) is 68.3 cm³/mol. The van der Waals surface area contributed by atoms with Crippen LogP contribution >= 0.6 is 10.7 Å². The van der Waals surface area contributed by atoms with Crippen molar-refractivity contribution in [1.82, 2.24) is 0 Å². The van der Waals surface area contributed by atoms with Gasteiger partial charge in [0.15, 0.2) is 0 Å². The van der Waals surface area contributed by atoms with Gasteiger partial charge in [-0.1, -0.05) is 11.2 Å². The van der Waals surface area contributed by atoms with Gasteiger partial charge in [-0.2, -0.15) is 0 Å². The second kappa shape index (κ2) is 5.60. The lowest BCUT2D eigenvalue weighted by atomic mass is 9.76. The van der Waals surface area contributed by atoms with Gasteiger partial charge in [-0.25, -0.2) is 8.42 Å². The molecule has 0 amide bonds. The van der Waals surface area contributed by atoms with Crippen LogP contribution in [0.3, 0.4) is 0 Å². The summed E-state index contributed by atoms with van der Waals surface area (Å²) in [4.78, 5) is 2.55. The monoisotopic (exact) mass is 289 g/mol. The SMILES string of the molecule is Cc1c(CS(=O)(=O)Cl)cc(N=[N+]=[N-])cc1B(O)O. The Kier molecular flexibility index (Phi) is 4.61. The Bertz CT molecular complexity index is 613. The molecule has 7 nitrogen and oxygen atoms in total. The van der Waals surface area contributed by atoms with Crippen LogP contribution in [0.15, 0.2) is 17.2 Å². The average molecular weight is 290 g/mol. The molecule has 1 aromatic rings. The van der Waals surface area contributed by atoms with E-state index in [2.05, 4.69) is 10.0 Å². The van der Waals surface area contributed by atoms with Gasteiger partial charge in [0.2, 0.25) is 9.05 Å². The summed E-state index contributed by atoms with van der Waals surface area (Å²) >= 11 is 0. The highest BCUT2D eigenvalue weighted by atomic mass is 35.7. The molecule has 2 N–H and O–H groups in total. The molecule has 96 valence electrons. The molecule has 0 saturated carbocycles. The van der Waals surface area contributed by atoms with E-state index in [1.807, 2.05) is 0 Å². The van der Waals surface area contributed by atoms with Gasteiger partial charge in [0.25, 0.3) is 0 Å². The lowest BCUT2D eigenvalue weighted by Crippen LogP contribution is -2.33. The van der Waals surface area contributed by atoms with E-state index in [0.29, 0.717) is 5.56 Å². The van der Waals surface area contributed by atoms with Gasteiger partial charge in [-0.3, -0.25) is 0 Å². The zero-order valence-corrected chi connectivity index (χ0v) is 10.9. The van der Waals surface area contributed by atoms with Crippen LogP contribution in [0.4, 0.5) is 5.69 Å². The first kappa shape index (κ1) is 14.8. The molecular formula is C8H9BClN3O4S. The molecule has 0 fully saturated rings. The highest BCUT2D eigenvalue weighted by Crippen LogP contribution is 2.20. The predicted octanol–water partition coefficient (Wildman–Crippen LogP) is 0.685. The second-order valence-electron chi connectivity index (χ2n) is 3.57. The van der Waals surface area contributed by atoms with Crippen molar-refractivity contribution < 1.29 is 18.5 Å². The first-order valence-electron chi connectivity index (χ1n) is 4.71. The normalized spacial score (nSPS) is 10.9. The molecule has 1 aromatic carbocycles. The van der Waals surface area contributed by atoms with Crippen LogP contribution in [-0.2, 0) is 14.8 Å². The maximum atomic E-state index is 11.0.